The van der Waals surface area contributed by atoms with Gasteiger partial charge in [-0.15, -0.1) is 0 Å². The number of hydrogen-bond acceptors (Lipinski definition) is 4. The average Bonchev–Trinajstić information content (AvgIpc) is 2.45. The van der Waals surface area contributed by atoms with Crippen LogP contribution >= 0.6 is 0 Å². The fraction of sp³-hybridized carbons (Fsp3) is 0.188. The van der Waals surface area contributed by atoms with E-state index in [4.69, 9.17) is 10.5 Å². The summed E-state index contributed by atoms with van der Waals surface area (Å²) < 4.78 is 0. The fourth-order valence-corrected chi connectivity index (χ4v) is 2.14. The van der Waals surface area contributed by atoms with Crippen molar-refractivity contribution in [3.8, 4) is 12.1 Å². The second-order valence-corrected chi connectivity index (χ2v) is 4.57. The van der Waals surface area contributed by atoms with Crippen LogP contribution in [0.25, 0.3) is 0 Å². The van der Waals surface area contributed by atoms with E-state index in [9.17, 15) is 0 Å². The molecule has 98 valence electrons. The summed E-state index contributed by atoms with van der Waals surface area (Å²) in [5, 5.41) is 17.9. The second kappa shape index (κ2) is 5.86. The Balaban J connectivity index is 2.31. The lowest BCUT2D eigenvalue weighted by Gasteiger charge is -2.29. The first-order valence-corrected chi connectivity index (χ1v) is 6.23. The van der Waals surface area contributed by atoms with Crippen molar-refractivity contribution in [3.05, 3.63) is 64.8 Å². The molecular weight excluding hydrogens is 248 g/mol. The van der Waals surface area contributed by atoms with E-state index in [-0.39, 0.29) is 5.57 Å². The molecule has 1 aromatic rings. The Morgan fingerprint density at radius 1 is 1.10 bits per heavy atom. The van der Waals surface area contributed by atoms with E-state index < -0.39 is 0 Å². The minimum absolute atomic E-state index is 0.146. The van der Waals surface area contributed by atoms with Crippen molar-refractivity contribution in [2.45, 2.75) is 20.4 Å². The first-order chi connectivity index (χ1) is 9.65. The minimum atomic E-state index is 0.146. The van der Waals surface area contributed by atoms with Gasteiger partial charge in [-0.3, -0.25) is 4.98 Å². The molecule has 0 aromatic carbocycles. The van der Waals surface area contributed by atoms with E-state index in [1.165, 1.54) is 0 Å². The lowest BCUT2D eigenvalue weighted by atomic mass is 10.0. The van der Waals surface area contributed by atoms with E-state index in [2.05, 4.69) is 9.88 Å². The molecule has 4 nitrogen and oxygen atoms in total. The van der Waals surface area contributed by atoms with Gasteiger partial charge in [-0.1, -0.05) is 0 Å². The Bertz CT molecular complexity index is 643. The highest BCUT2D eigenvalue weighted by atomic mass is 15.1. The molecule has 0 bridgehead atoms. The van der Waals surface area contributed by atoms with E-state index in [1.807, 2.05) is 50.3 Å². The molecule has 0 amide bonds. The van der Waals surface area contributed by atoms with Crippen LogP contribution in [0.2, 0.25) is 0 Å². The summed E-state index contributed by atoms with van der Waals surface area (Å²) in [5.41, 5.74) is 4.01. The Morgan fingerprint density at radius 2 is 1.65 bits per heavy atom. The maximum absolute atomic E-state index is 8.94. The maximum Gasteiger partial charge on any atom is 0.137 e. The molecule has 0 fully saturated rings. The van der Waals surface area contributed by atoms with Gasteiger partial charge in [-0.05, 0) is 43.7 Å². The average molecular weight is 262 g/mol. The molecule has 0 unspecified atom stereocenters. The van der Waals surface area contributed by atoms with Crippen molar-refractivity contribution in [2.24, 2.45) is 0 Å². The van der Waals surface area contributed by atoms with Crippen molar-refractivity contribution >= 4 is 0 Å². The number of aromatic nitrogens is 1. The Morgan fingerprint density at radius 3 is 2.15 bits per heavy atom. The summed E-state index contributed by atoms with van der Waals surface area (Å²) in [6, 6.07) is 7.81. The van der Waals surface area contributed by atoms with Gasteiger partial charge in [0.25, 0.3) is 0 Å². The van der Waals surface area contributed by atoms with Crippen molar-refractivity contribution in [1.82, 2.24) is 9.88 Å². The molecule has 0 spiro atoms. The third-order valence-corrected chi connectivity index (χ3v) is 3.18. The van der Waals surface area contributed by atoms with Crippen LogP contribution in [0.1, 0.15) is 19.4 Å². The molecule has 20 heavy (non-hydrogen) atoms. The largest absolute Gasteiger partial charge is 0.345 e. The molecule has 0 radical (unpaired) electrons. The van der Waals surface area contributed by atoms with Gasteiger partial charge in [0.1, 0.15) is 17.7 Å². The van der Waals surface area contributed by atoms with Crippen LogP contribution in [0, 0.1) is 22.7 Å². The zero-order chi connectivity index (χ0) is 14.5. The standard InChI is InChI=1S/C16H14N4/c1-12-7-15(16(9-17)10-18)8-13(2)20(12)11-14-3-5-19-6-4-14/h3-8H,11H2,1-2H3. The van der Waals surface area contributed by atoms with Gasteiger partial charge in [0, 0.05) is 35.9 Å². The third-order valence-electron chi connectivity index (χ3n) is 3.18. The number of rotatable bonds is 2. The monoisotopic (exact) mass is 262 g/mol. The van der Waals surface area contributed by atoms with Crippen LogP contribution in [-0.2, 0) is 6.54 Å². The molecule has 4 heteroatoms. The maximum atomic E-state index is 8.94. The highest BCUT2D eigenvalue weighted by Gasteiger charge is 2.15. The predicted octanol–water partition coefficient (Wildman–Crippen LogP) is 3.05. The molecule has 1 aliphatic rings. The minimum Gasteiger partial charge on any atom is -0.345 e. The Hall–Kier alpha value is -2.85. The lowest BCUT2D eigenvalue weighted by molar-refractivity contribution is 0.417. The number of nitriles is 2. The van der Waals surface area contributed by atoms with Gasteiger partial charge in [-0.2, -0.15) is 10.5 Å². The first-order valence-electron chi connectivity index (χ1n) is 6.23. The van der Waals surface area contributed by atoms with E-state index in [0.29, 0.717) is 5.57 Å². The quantitative estimate of drug-likeness (QED) is 0.768. The summed E-state index contributed by atoms with van der Waals surface area (Å²) in [4.78, 5) is 6.15. The van der Waals surface area contributed by atoms with Gasteiger partial charge in [0.2, 0.25) is 0 Å². The normalized spacial score (nSPS) is 14.0. The summed E-state index contributed by atoms with van der Waals surface area (Å²) >= 11 is 0. The van der Waals surface area contributed by atoms with Crippen LogP contribution in [-0.4, -0.2) is 9.88 Å². The van der Waals surface area contributed by atoms with E-state index in [1.54, 1.807) is 12.4 Å². The summed E-state index contributed by atoms with van der Waals surface area (Å²) in [6.07, 6.45) is 7.28. The van der Waals surface area contributed by atoms with Crippen LogP contribution in [0.5, 0.6) is 0 Å². The molecule has 0 saturated carbocycles. The molecule has 2 heterocycles. The van der Waals surface area contributed by atoms with Crippen molar-refractivity contribution in [3.63, 3.8) is 0 Å². The number of allylic oxidation sites excluding steroid dienone is 6. The molecular formula is C16H14N4. The second-order valence-electron chi connectivity index (χ2n) is 4.57. The zero-order valence-electron chi connectivity index (χ0n) is 11.5. The van der Waals surface area contributed by atoms with Crippen molar-refractivity contribution < 1.29 is 0 Å². The first kappa shape index (κ1) is 13.6. The molecule has 0 aliphatic carbocycles. The molecule has 0 N–H and O–H groups in total. The van der Waals surface area contributed by atoms with Crippen LogP contribution in [0.3, 0.4) is 0 Å². The van der Waals surface area contributed by atoms with Gasteiger partial charge >= 0.3 is 0 Å². The number of nitrogens with zero attached hydrogens (tertiary/aromatic N) is 4. The topological polar surface area (TPSA) is 63.7 Å². The van der Waals surface area contributed by atoms with Gasteiger partial charge in [0.15, 0.2) is 0 Å². The van der Waals surface area contributed by atoms with Crippen LogP contribution in [0.4, 0.5) is 0 Å². The summed E-state index contributed by atoms with van der Waals surface area (Å²) in [6.45, 7) is 4.70. The Kier molecular flexibility index (Phi) is 3.98. The van der Waals surface area contributed by atoms with Gasteiger partial charge in [0.05, 0.1) is 0 Å². The van der Waals surface area contributed by atoms with Gasteiger partial charge < -0.3 is 4.90 Å². The van der Waals surface area contributed by atoms with Crippen LogP contribution < -0.4 is 0 Å². The van der Waals surface area contributed by atoms with E-state index in [0.717, 1.165) is 23.5 Å². The number of pyridine rings is 1. The van der Waals surface area contributed by atoms with Crippen molar-refractivity contribution in [2.75, 3.05) is 0 Å². The molecule has 0 atom stereocenters. The SMILES string of the molecule is CC1=CC(=C(C#N)C#N)C=C(C)N1Cc1ccncc1. The van der Waals surface area contributed by atoms with Crippen LogP contribution in [0.15, 0.2) is 59.2 Å². The van der Waals surface area contributed by atoms with Gasteiger partial charge in [-0.25, -0.2) is 0 Å². The lowest BCUT2D eigenvalue weighted by Crippen LogP contribution is -2.22. The molecule has 1 aliphatic heterocycles. The molecule has 0 saturated heterocycles. The fourth-order valence-electron chi connectivity index (χ4n) is 2.14. The zero-order valence-corrected chi connectivity index (χ0v) is 11.5. The number of hydrogen-bond donors (Lipinski definition) is 0. The predicted molar refractivity (Wildman–Crippen MR) is 75.5 cm³/mol. The van der Waals surface area contributed by atoms with Crippen molar-refractivity contribution in [1.29, 1.82) is 10.5 Å². The Labute approximate surface area is 118 Å². The van der Waals surface area contributed by atoms with E-state index >= 15 is 0 Å². The smallest absolute Gasteiger partial charge is 0.137 e. The highest BCUT2D eigenvalue weighted by Crippen LogP contribution is 2.26. The molecule has 2 rings (SSSR count). The molecule has 1 aromatic heterocycles. The summed E-state index contributed by atoms with van der Waals surface area (Å²) in [5.74, 6) is 0. The third kappa shape index (κ3) is 2.76. The summed E-state index contributed by atoms with van der Waals surface area (Å²) in [7, 11) is 0. The highest BCUT2D eigenvalue weighted by molar-refractivity contribution is 5.53.